The predicted molar refractivity (Wildman–Crippen MR) is 53.0 cm³/mol. The van der Waals surface area contributed by atoms with Gasteiger partial charge in [-0.1, -0.05) is 31.5 Å². The van der Waals surface area contributed by atoms with Gasteiger partial charge in [-0.15, -0.1) is 0 Å². The van der Waals surface area contributed by atoms with E-state index in [9.17, 15) is 4.79 Å². The van der Waals surface area contributed by atoms with Crippen molar-refractivity contribution in [2.45, 2.75) is 39.0 Å². The van der Waals surface area contributed by atoms with Crippen molar-refractivity contribution in [3.63, 3.8) is 0 Å². The number of rotatable bonds is 1. The molecular weight excluding hydrogens is 170 g/mol. The maximum atomic E-state index is 10.7. The smallest absolute Gasteiger partial charge is 0.221 e. The van der Waals surface area contributed by atoms with Crippen molar-refractivity contribution >= 4 is 23.1 Å². The number of hydrogen-bond donors (Lipinski definition) is 1. The minimum Gasteiger partial charge on any atom is -0.321 e. The summed E-state index contributed by atoms with van der Waals surface area (Å²) < 4.78 is 0. The molecule has 1 fully saturated rings. The van der Waals surface area contributed by atoms with Crippen molar-refractivity contribution in [2.75, 3.05) is 0 Å². The van der Waals surface area contributed by atoms with E-state index in [4.69, 9.17) is 12.2 Å². The van der Waals surface area contributed by atoms with Crippen LogP contribution in [0.1, 0.15) is 39.0 Å². The van der Waals surface area contributed by atoms with E-state index in [0.29, 0.717) is 5.92 Å². The summed E-state index contributed by atoms with van der Waals surface area (Å²) in [4.78, 5) is 11.5. The van der Waals surface area contributed by atoms with E-state index in [2.05, 4.69) is 5.32 Å². The van der Waals surface area contributed by atoms with Gasteiger partial charge < -0.3 is 5.32 Å². The van der Waals surface area contributed by atoms with Crippen molar-refractivity contribution in [3.8, 4) is 0 Å². The van der Waals surface area contributed by atoms with E-state index in [1.807, 2.05) is 0 Å². The van der Waals surface area contributed by atoms with E-state index < -0.39 is 0 Å². The van der Waals surface area contributed by atoms with Crippen molar-refractivity contribution < 1.29 is 4.79 Å². The molecule has 1 aliphatic rings. The Balaban J connectivity index is 2.34. The first kappa shape index (κ1) is 9.65. The van der Waals surface area contributed by atoms with Crippen LogP contribution in [0.15, 0.2) is 0 Å². The number of hydrogen-bond acceptors (Lipinski definition) is 2. The predicted octanol–water partition coefficient (Wildman–Crippen LogP) is 2.03. The summed E-state index contributed by atoms with van der Waals surface area (Å²) in [5.41, 5.74) is 0. The minimum atomic E-state index is -0.0365. The molecular formula is C9H15NOS. The number of carbonyl (C=O) groups is 1. The highest BCUT2D eigenvalue weighted by molar-refractivity contribution is 7.80. The molecule has 2 nitrogen and oxygen atoms in total. The fourth-order valence-electron chi connectivity index (χ4n) is 1.64. The van der Waals surface area contributed by atoms with Gasteiger partial charge in [0.15, 0.2) is 0 Å². The van der Waals surface area contributed by atoms with Crippen LogP contribution in [0.25, 0.3) is 0 Å². The number of thiocarbonyl (C=S) groups is 1. The lowest BCUT2D eigenvalue weighted by molar-refractivity contribution is -0.117. The third-order valence-corrected chi connectivity index (χ3v) is 2.71. The van der Waals surface area contributed by atoms with Crippen LogP contribution < -0.4 is 5.32 Å². The topological polar surface area (TPSA) is 29.1 Å². The normalized spacial score (nSPS) is 18.8. The van der Waals surface area contributed by atoms with E-state index in [-0.39, 0.29) is 5.91 Å². The van der Waals surface area contributed by atoms with Gasteiger partial charge in [0, 0.05) is 12.8 Å². The summed E-state index contributed by atoms with van der Waals surface area (Å²) in [6.45, 7) is 1.51. The summed E-state index contributed by atoms with van der Waals surface area (Å²) in [5, 5.41) is 2.70. The molecule has 3 heteroatoms. The Morgan fingerprint density at radius 2 is 1.92 bits per heavy atom. The van der Waals surface area contributed by atoms with Crippen LogP contribution in [0, 0.1) is 5.92 Å². The van der Waals surface area contributed by atoms with Gasteiger partial charge in [0.05, 0.1) is 4.99 Å². The Morgan fingerprint density at radius 3 is 2.42 bits per heavy atom. The molecule has 1 N–H and O–H groups in total. The van der Waals surface area contributed by atoms with Gasteiger partial charge in [0.1, 0.15) is 0 Å². The number of carbonyl (C=O) groups excluding carboxylic acids is 1. The van der Waals surface area contributed by atoms with E-state index >= 15 is 0 Å². The lowest BCUT2D eigenvalue weighted by Crippen LogP contribution is -2.33. The largest absolute Gasteiger partial charge is 0.321 e. The lowest BCUT2D eigenvalue weighted by Gasteiger charge is -2.22. The molecule has 1 aliphatic carbocycles. The van der Waals surface area contributed by atoms with Gasteiger partial charge in [-0.05, 0) is 12.8 Å². The Hall–Kier alpha value is -0.440. The van der Waals surface area contributed by atoms with Crippen molar-refractivity contribution in [2.24, 2.45) is 5.92 Å². The van der Waals surface area contributed by atoms with E-state index in [0.717, 1.165) is 17.8 Å². The van der Waals surface area contributed by atoms with Gasteiger partial charge in [0.2, 0.25) is 5.91 Å². The van der Waals surface area contributed by atoms with Gasteiger partial charge in [-0.3, -0.25) is 4.79 Å². The Bertz CT molecular complexity index is 185. The minimum absolute atomic E-state index is 0.0365. The standard InChI is InChI=1S/C9H15NOS/c1-7(11)10-9(12)8-5-3-2-4-6-8/h8H,2-6H2,1H3,(H,10,11,12). The molecule has 0 saturated heterocycles. The quantitative estimate of drug-likeness (QED) is 0.633. The first-order valence-corrected chi connectivity index (χ1v) is 4.92. The summed E-state index contributed by atoms with van der Waals surface area (Å²) in [6.07, 6.45) is 6.13. The maximum absolute atomic E-state index is 10.7. The molecule has 0 aliphatic heterocycles. The third-order valence-electron chi connectivity index (χ3n) is 2.28. The average molecular weight is 185 g/mol. The van der Waals surface area contributed by atoms with Gasteiger partial charge in [0.25, 0.3) is 0 Å². The highest BCUT2D eigenvalue weighted by atomic mass is 32.1. The highest BCUT2D eigenvalue weighted by Crippen LogP contribution is 2.24. The number of nitrogens with one attached hydrogen (secondary N) is 1. The second-order valence-electron chi connectivity index (χ2n) is 3.38. The molecule has 0 spiro atoms. The molecule has 0 aromatic rings. The van der Waals surface area contributed by atoms with Gasteiger partial charge >= 0.3 is 0 Å². The van der Waals surface area contributed by atoms with Crippen LogP contribution in [-0.4, -0.2) is 10.9 Å². The molecule has 0 aromatic carbocycles. The molecule has 0 bridgehead atoms. The maximum Gasteiger partial charge on any atom is 0.221 e. The molecule has 1 saturated carbocycles. The van der Waals surface area contributed by atoms with Crippen LogP contribution >= 0.6 is 12.2 Å². The SMILES string of the molecule is CC(=O)NC(=S)C1CCCCC1. The average Bonchev–Trinajstić information content (AvgIpc) is 2.05. The summed E-state index contributed by atoms with van der Waals surface area (Å²) >= 11 is 5.12. The summed E-state index contributed by atoms with van der Waals surface area (Å²) in [6, 6.07) is 0. The molecule has 0 atom stereocenters. The lowest BCUT2D eigenvalue weighted by atomic mass is 9.89. The third kappa shape index (κ3) is 2.89. The van der Waals surface area contributed by atoms with Crippen LogP contribution in [0.3, 0.4) is 0 Å². The van der Waals surface area contributed by atoms with Gasteiger partial charge in [-0.25, -0.2) is 0 Å². The zero-order chi connectivity index (χ0) is 8.97. The molecule has 1 rings (SSSR count). The first-order valence-electron chi connectivity index (χ1n) is 4.51. The molecule has 0 aromatic heterocycles. The van der Waals surface area contributed by atoms with E-state index in [1.54, 1.807) is 0 Å². The molecule has 12 heavy (non-hydrogen) atoms. The molecule has 0 heterocycles. The highest BCUT2D eigenvalue weighted by Gasteiger charge is 2.17. The zero-order valence-electron chi connectivity index (χ0n) is 7.43. The summed E-state index contributed by atoms with van der Waals surface area (Å²) in [7, 11) is 0. The summed E-state index contributed by atoms with van der Waals surface area (Å²) in [5.74, 6) is 0.420. The number of amides is 1. The Morgan fingerprint density at radius 1 is 1.33 bits per heavy atom. The monoisotopic (exact) mass is 185 g/mol. The van der Waals surface area contributed by atoms with Crippen LogP contribution in [0.5, 0.6) is 0 Å². The van der Waals surface area contributed by atoms with Crippen LogP contribution in [0.4, 0.5) is 0 Å². The second-order valence-corrected chi connectivity index (χ2v) is 3.82. The molecule has 68 valence electrons. The van der Waals surface area contributed by atoms with Crippen molar-refractivity contribution in [3.05, 3.63) is 0 Å². The van der Waals surface area contributed by atoms with E-state index in [1.165, 1.54) is 26.2 Å². The fraction of sp³-hybridized carbons (Fsp3) is 0.778. The second kappa shape index (κ2) is 4.55. The van der Waals surface area contributed by atoms with Crippen LogP contribution in [-0.2, 0) is 4.79 Å². The van der Waals surface area contributed by atoms with Crippen molar-refractivity contribution in [1.29, 1.82) is 0 Å². The molecule has 1 amide bonds. The Labute approximate surface area is 78.7 Å². The van der Waals surface area contributed by atoms with Crippen LogP contribution in [0.2, 0.25) is 0 Å². The fourth-order valence-corrected chi connectivity index (χ4v) is 2.02. The first-order chi connectivity index (χ1) is 5.70. The van der Waals surface area contributed by atoms with Crippen molar-refractivity contribution in [1.82, 2.24) is 5.32 Å². The van der Waals surface area contributed by atoms with Gasteiger partial charge in [-0.2, -0.15) is 0 Å². The zero-order valence-corrected chi connectivity index (χ0v) is 8.25. The molecule has 0 unspecified atom stereocenters. The Kier molecular flexibility index (Phi) is 3.66. The molecule has 0 radical (unpaired) electrons.